The number of rotatable bonds is 5. The van der Waals surface area contributed by atoms with Crippen LogP contribution in [0.15, 0.2) is 36.4 Å². The summed E-state index contributed by atoms with van der Waals surface area (Å²) < 4.78 is 64.7. The SMILES string of the molecule is CCS(=O)(=O)N1CCC(NC(=O)/C=C(/c2ccccc2)C(F)(F)F)CC1. The second-order valence-corrected chi connectivity index (χ2v) is 8.26. The Hall–Kier alpha value is -1.87. The number of hydrogen-bond donors (Lipinski definition) is 1. The fourth-order valence-corrected chi connectivity index (χ4v) is 3.91. The summed E-state index contributed by atoms with van der Waals surface area (Å²) >= 11 is 0. The number of allylic oxidation sites excluding steroid dienone is 1. The van der Waals surface area contributed by atoms with Crippen LogP contribution in [0.4, 0.5) is 13.2 Å². The summed E-state index contributed by atoms with van der Waals surface area (Å²) in [6.07, 6.45) is -3.36. The average Bonchev–Trinajstić information content (AvgIpc) is 2.60. The van der Waals surface area contributed by atoms with Crippen LogP contribution in [-0.2, 0) is 14.8 Å². The van der Waals surface area contributed by atoms with Crippen LogP contribution in [0.1, 0.15) is 25.3 Å². The van der Waals surface area contributed by atoms with E-state index in [4.69, 9.17) is 0 Å². The van der Waals surface area contributed by atoms with E-state index in [1.54, 1.807) is 13.0 Å². The van der Waals surface area contributed by atoms with E-state index in [9.17, 15) is 26.4 Å². The van der Waals surface area contributed by atoms with Crippen LogP contribution in [-0.4, -0.2) is 49.7 Å². The predicted octanol–water partition coefficient (Wildman–Crippen LogP) is 2.56. The molecule has 1 aliphatic heterocycles. The maximum atomic E-state index is 13.2. The molecule has 1 heterocycles. The lowest BCUT2D eigenvalue weighted by molar-refractivity contribution is -0.117. The number of amides is 1. The Labute approximate surface area is 150 Å². The van der Waals surface area contributed by atoms with Crippen LogP contribution in [0.25, 0.3) is 5.57 Å². The van der Waals surface area contributed by atoms with Gasteiger partial charge in [-0.1, -0.05) is 30.3 Å². The number of hydrogen-bond acceptors (Lipinski definition) is 3. The minimum Gasteiger partial charge on any atom is -0.350 e. The Morgan fingerprint density at radius 2 is 1.81 bits per heavy atom. The molecule has 1 amide bonds. The Morgan fingerprint density at radius 3 is 2.31 bits per heavy atom. The Balaban J connectivity index is 2.04. The molecule has 0 unspecified atom stereocenters. The highest BCUT2D eigenvalue weighted by atomic mass is 32.2. The van der Waals surface area contributed by atoms with Crippen LogP contribution in [0.5, 0.6) is 0 Å². The molecule has 1 aromatic rings. The van der Waals surface area contributed by atoms with E-state index in [0.29, 0.717) is 18.9 Å². The van der Waals surface area contributed by atoms with Gasteiger partial charge in [0, 0.05) is 25.2 Å². The topological polar surface area (TPSA) is 66.5 Å². The quantitative estimate of drug-likeness (QED) is 0.786. The second kappa shape index (κ2) is 8.22. The molecule has 26 heavy (non-hydrogen) atoms. The lowest BCUT2D eigenvalue weighted by Gasteiger charge is -2.31. The first-order chi connectivity index (χ1) is 12.1. The van der Waals surface area contributed by atoms with Crippen LogP contribution < -0.4 is 5.32 Å². The number of halogens is 3. The number of piperidine rings is 1. The number of sulfonamides is 1. The van der Waals surface area contributed by atoms with Gasteiger partial charge in [-0.15, -0.1) is 0 Å². The third-order valence-corrected chi connectivity index (χ3v) is 6.11. The minimum atomic E-state index is -4.66. The average molecular weight is 390 g/mol. The first-order valence-electron chi connectivity index (χ1n) is 8.26. The summed E-state index contributed by atoms with van der Waals surface area (Å²) in [5.41, 5.74) is -1.10. The van der Waals surface area contributed by atoms with E-state index in [0.717, 1.165) is 0 Å². The number of benzene rings is 1. The second-order valence-electron chi connectivity index (χ2n) is 6.00. The Kier molecular flexibility index (Phi) is 6.46. The maximum absolute atomic E-state index is 13.2. The van der Waals surface area contributed by atoms with Gasteiger partial charge in [0.2, 0.25) is 15.9 Å². The molecule has 0 saturated carbocycles. The first kappa shape index (κ1) is 20.4. The highest BCUT2D eigenvalue weighted by Gasteiger charge is 2.35. The lowest BCUT2D eigenvalue weighted by atomic mass is 10.0. The zero-order valence-corrected chi connectivity index (χ0v) is 15.1. The Bertz CT molecular complexity index is 753. The number of carbonyl (C=O) groups is 1. The van der Waals surface area contributed by atoms with Gasteiger partial charge in [-0.25, -0.2) is 12.7 Å². The monoisotopic (exact) mass is 390 g/mol. The van der Waals surface area contributed by atoms with Crippen molar-refractivity contribution in [3.63, 3.8) is 0 Å². The van der Waals surface area contributed by atoms with Crippen LogP contribution in [0.2, 0.25) is 0 Å². The van der Waals surface area contributed by atoms with Crippen molar-refractivity contribution in [3.05, 3.63) is 42.0 Å². The summed E-state index contributed by atoms with van der Waals surface area (Å²) in [6, 6.07) is 6.76. The molecular weight excluding hydrogens is 369 g/mol. The molecule has 0 atom stereocenters. The zero-order valence-electron chi connectivity index (χ0n) is 14.3. The van der Waals surface area contributed by atoms with Gasteiger partial charge in [-0.2, -0.15) is 13.2 Å². The van der Waals surface area contributed by atoms with Crippen LogP contribution in [0, 0.1) is 0 Å². The molecule has 0 aliphatic carbocycles. The van der Waals surface area contributed by atoms with Crippen LogP contribution >= 0.6 is 0 Å². The van der Waals surface area contributed by atoms with E-state index in [1.165, 1.54) is 28.6 Å². The van der Waals surface area contributed by atoms with Crippen molar-refractivity contribution < 1.29 is 26.4 Å². The van der Waals surface area contributed by atoms with E-state index < -0.39 is 27.7 Å². The normalized spacial score (nSPS) is 17.9. The van der Waals surface area contributed by atoms with Gasteiger partial charge in [0.15, 0.2) is 0 Å². The fraction of sp³-hybridized carbons (Fsp3) is 0.471. The van der Waals surface area contributed by atoms with Gasteiger partial charge in [0.25, 0.3) is 0 Å². The van der Waals surface area contributed by atoms with Gasteiger partial charge in [0.05, 0.1) is 11.3 Å². The minimum absolute atomic E-state index is 0.00121. The number of carbonyl (C=O) groups excluding carboxylic acids is 1. The molecule has 0 spiro atoms. The third-order valence-electron chi connectivity index (χ3n) is 4.22. The molecule has 2 rings (SSSR count). The number of alkyl halides is 3. The molecule has 144 valence electrons. The zero-order chi connectivity index (χ0) is 19.4. The summed E-state index contributed by atoms with van der Waals surface area (Å²) in [5.74, 6) is -0.836. The summed E-state index contributed by atoms with van der Waals surface area (Å²) in [7, 11) is -3.29. The summed E-state index contributed by atoms with van der Waals surface area (Å²) in [5, 5.41) is 2.54. The predicted molar refractivity (Wildman–Crippen MR) is 92.7 cm³/mol. The van der Waals surface area contributed by atoms with Gasteiger partial charge < -0.3 is 5.32 Å². The van der Waals surface area contributed by atoms with Crippen molar-refractivity contribution in [2.24, 2.45) is 0 Å². The van der Waals surface area contributed by atoms with Crippen molar-refractivity contribution in [1.82, 2.24) is 9.62 Å². The molecule has 0 radical (unpaired) electrons. The van der Waals surface area contributed by atoms with Crippen molar-refractivity contribution in [2.45, 2.75) is 32.0 Å². The first-order valence-corrected chi connectivity index (χ1v) is 9.87. The Morgan fingerprint density at radius 1 is 1.23 bits per heavy atom. The molecule has 1 saturated heterocycles. The summed E-state index contributed by atoms with van der Waals surface area (Å²) in [6.45, 7) is 2.04. The van der Waals surface area contributed by atoms with Crippen LogP contribution in [0.3, 0.4) is 0 Å². The van der Waals surface area contributed by atoms with Gasteiger partial charge >= 0.3 is 6.18 Å². The molecule has 1 N–H and O–H groups in total. The molecule has 9 heteroatoms. The van der Waals surface area contributed by atoms with Gasteiger partial charge in [-0.05, 0) is 25.3 Å². The largest absolute Gasteiger partial charge is 0.417 e. The smallest absolute Gasteiger partial charge is 0.350 e. The third kappa shape index (κ3) is 5.31. The molecule has 0 aromatic heterocycles. The van der Waals surface area contributed by atoms with Crippen molar-refractivity contribution >= 4 is 21.5 Å². The molecule has 5 nitrogen and oxygen atoms in total. The van der Waals surface area contributed by atoms with E-state index in [1.807, 2.05) is 0 Å². The fourth-order valence-electron chi connectivity index (χ4n) is 2.78. The van der Waals surface area contributed by atoms with E-state index in [2.05, 4.69) is 5.32 Å². The maximum Gasteiger partial charge on any atom is 0.417 e. The van der Waals surface area contributed by atoms with E-state index >= 15 is 0 Å². The lowest BCUT2D eigenvalue weighted by Crippen LogP contribution is -2.46. The summed E-state index contributed by atoms with van der Waals surface area (Å²) in [4.78, 5) is 12.1. The molecule has 1 aromatic carbocycles. The van der Waals surface area contributed by atoms with Crippen molar-refractivity contribution in [3.8, 4) is 0 Å². The van der Waals surface area contributed by atoms with Gasteiger partial charge in [0.1, 0.15) is 0 Å². The highest BCUT2D eigenvalue weighted by molar-refractivity contribution is 7.89. The molecule has 1 aliphatic rings. The van der Waals surface area contributed by atoms with Crippen molar-refractivity contribution in [1.29, 1.82) is 0 Å². The van der Waals surface area contributed by atoms with Crippen molar-refractivity contribution in [2.75, 3.05) is 18.8 Å². The molecular formula is C17H21F3N2O3S. The highest BCUT2D eigenvalue weighted by Crippen LogP contribution is 2.33. The number of nitrogens with zero attached hydrogens (tertiary/aromatic N) is 1. The standard InChI is InChI=1S/C17H21F3N2O3S/c1-2-26(24,25)22-10-8-14(9-11-22)21-16(23)12-15(17(18,19)20)13-6-4-3-5-7-13/h3-7,12,14H,2,8-11H2,1H3,(H,21,23)/b15-12-. The molecule has 1 fully saturated rings. The number of nitrogens with one attached hydrogen (secondary N) is 1. The van der Waals surface area contributed by atoms with Gasteiger partial charge in [-0.3, -0.25) is 4.79 Å². The molecule has 0 bridgehead atoms. The van der Waals surface area contributed by atoms with E-state index in [-0.39, 0.29) is 30.4 Å².